The van der Waals surface area contributed by atoms with Gasteiger partial charge >= 0.3 is 0 Å². The summed E-state index contributed by atoms with van der Waals surface area (Å²) in [4.78, 5) is 4.18. The van der Waals surface area contributed by atoms with Gasteiger partial charge in [0.25, 0.3) is 0 Å². The van der Waals surface area contributed by atoms with Crippen molar-refractivity contribution < 1.29 is 5.11 Å². The lowest BCUT2D eigenvalue weighted by Gasteiger charge is -2.02. The molecule has 1 heterocycles. The summed E-state index contributed by atoms with van der Waals surface area (Å²) in [5.41, 5.74) is 1.84. The number of hydrogen-bond acceptors (Lipinski definition) is 3. The number of aryl methyl sites for hydroxylation is 1. The molecule has 74 valence electrons. The van der Waals surface area contributed by atoms with Crippen molar-refractivity contribution in [1.82, 2.24) is 4.98 Å². The summed E-state index contributed by atoms with van der Waals surface area (Å²) in [7, 11) is 0. The predicted molar refractivity (Wildman–Crippen MR) is 62.8 cm³/mol. The molecule has 0 aliphatic rings. The summed E-state index contributed by atoms with van der Waals surface area (Å²) in [6.07, 6.45) is 0. The first-order valence-electron chi connectivity index (χ1n) is 4.22. The summed E-state index contributed by atoms with van der Waals surface area (Å²) in [5.74, 6) is 0.114. The van der Waals surface area contributed by atoms with E-state index in [2.05, 4.69) is 11.1 Å². The standard InChI is InChI=1S/C11H8N2O.Al.3H/c1-7-2-4-9-8(6-12)3-5-10(14)11(9)13-7;;;;/h2-5,14H,1H3;;;;. The Bertz CT molecular complexity index is 546. The second-order valence-electron chi connectivity index (χ2n) is 3.09. The number of aromatic hydroxyl groups is 1. The average molecular weight is 214 g/mol. The second kappa shape index (κ2) is 4.32. The van der Waals surface area contributed by atoms with Crippen molar-refractivity contribution in [3.63, 3.8) is 0 Å². The summed E-state index contributed by atoms with van der Waals surface area (Å²) in [6.45, 7) is 1.85. The van der Waals surface area contributed by atoms with Crippen LogP contribution in [-0.4, -0.2) is 27.5 Å². The van der Waals surface area contributed by atoms with Gasteiger partial charge in [0, 0.05) is 11.1 Å². The summed E-state index contributed by atoms with van der Waals surface area (Å²) in [6, 6.07) is 8.77. The summed E-state index contributed by atoms with van der Waals surface area (Å²) >= 11 is 0. The van der Waals surface area contributed by atoms with Crippen LogP contribution in [0.4, 0.5) is 0 Å². The fourth-order valence-electron chi connectivity index (χ4n) is 1.40. The molecule has 2 rings (SSSR count). The Balaban J connectivity index is 0.00000112. The van der Waals surface area contributed by atoms with Crippen molar-refractivity contribution in [3.8, 4) is 11.8 Å². The maximum Gasteiger partial charge on any atom is 0.187 e. The van der Waals surface area contributed by atoms with Crippen molar-refractivity contribution in [3.05, 3.63) is 35.5 Å². The Kier molecular flexibility index (Phi) is 3.32. The minimum atomic E-state index is 0. The van der Waals surface area contributed by atoms with Crippen molar-refractivity contribution >= 4 is 28.3 Å². The lowest BCUT2D eigenvalue weighted by atomic mass is 10.1. The van der Waals surface area contributed by atoms with Crippen molar-refractivity contribution in [2.45, 2.75) is 6.92 Å². The lowest BCUT2D eigenvalue weighted by Crippen LogP contribution is -1.86. The SMILES string of the molecule is Cc1ccc2c(C#N)ccc(O)c2n1.[AlH3]. The van der Waals surface area contributed by atoms with Gasteiger partial charge in [0.1, 0.15) is 11.3 Å². The summed E-state index contributed by atoms with van der Waals surface area (Å²) < 4.78 is 0. The first kappa shape index (κ1) is 11.5. The molecule has 1 N–H and O–H groups in total. The number of phenols is 1. The Labute approximate surface area is 98.1 Å². The number of hydrogen-bond donors (Lipinski definition) is 1. The zero-order valence-electron chi connectivity index (χ0n) is 7.65. The largest absolute Gasteiger partial charge is 0.506 e. The Morgan fingerprint density at radius 2 is 2.00 bits per heavy atom. The maximum atomic E-state index is 9.54. The number of fused-ring (bicyclic) bond motifs is 1. The van der Waals surface area contributed by atoms with Crippen molar-refractivity contribution in [2.24, 2.45) is 0 Å². The topological polar surface area (TPSA) is 56.9 Å². The van der Waals surface area contributed by atoms with E-state index in [-0.39, 0.29) is 23.1 Å². The van der Waals surface area contributed by atoms with E-state index in [0.29, 0.717) is 16.5 Å². The molecule has 0 saturated heterocycles. The molecule has 0 aliphatic heterocycles. The monoisotopic (exact) mass is 214 g/mol. The second-order valence-corrected chi connectivity index (χ2v) is 3.09. The van der Waals surface area contributed by atoms with Crippen LogP contribution in [0.5, 0.6) is 5.75 Å². The highest BCUT2D eigenvalue weighted by Gasteiger charge is 2.05. The summed E-state index contributed by atoms with van der Waals surface area (Å²) in [5, 5.41) is 19.1. The number of nitriles is 1. The van der Waals surface area contributed by atoms with Gasteiger partial charge in [0.05, 0.1) is 11.6 Å². The highest BCUT2D eigenvalue weighted by atomic mass is 27.0. The van der Waals surface area contributed by atoms with Crippen molar-refractivity contribution in [2.75, 3.05) is 0 Å². The van der Waals surface area contributed by atoms with E-state index in [1.54, 1.807) is 12.1 Å². The molecule has 1 aromatic heterocycles. The molecule has 0 atom stereocenters. The first-order valence-corrected chi connectivity index (χ1v) is 4.22. The molecule has 4 heteroatoms. The third-order valence-electron chi connectivity index (χ3n) is 2.10. The van der Waals surface area contributed by atoms with Crippen LogP contribution in [0, 0.1) is 18.3 Å². The van der Waals surface area contributed by atoms with Crippen molar-refractivity contribution in [1.29, 1.82) is 5.26 Å². The van der Waals surface area contributed by atoms with Gasteiger partial charge in [0.15, 0.2) is 17.4 Å². The van der Waals surface area contributed by atoms with Crippen LogP contribution >= 0.6 is 0 Å². The van der Waals surface area contributed by atoms with Crippen LogP contribution in [0.15, 0.2) is 24.3 Å². The minimum Gasteiger partial charge on any atom is -0.506 e. The van der Waals surface area contributed by atoms with Gasteiger partial charge in [-0.3, -0.25) is 0 Å². The van der Waals surface area contributed by atoms with E-state index in [1.807, 2.05) is 13.0 Å². The minimum absolute atomic E-state index is 0. The number of rotatable bonds is 0. The molecule has 0 saturated carbocycles. The zero-order chi connectivity index (χ0) is 10.1. The van der Waals surface area contributed by atoms with Crippen LogP contribution < -0.4 is 0 Å². The lowest BCUT2D eigenvalue weighted by molar-refractivity contribution is 0.480. The van der Waals surface area contributed by atoms with Crippen LogP contribution in [-0.2, 0) is 0 Å². The molecule has 0 radical (unpaired) electrons. The van der Waals surface area contributed by atoms with Crippen LogP contribution in [0.1, 0.15) is 11.3 Å². The van der Waals surface area contributed by atoms with Gasteiger partial charge in [-0.25, -0.2) is 4.98 Å². The number of nitrogens with zero attached hydrogens (tertiary/aromatic N) is 2. The number of pyridine rings is 1. The maximum absolute atomic E-state index is 9.54. The van der Waals surface area contributed by atoms with Crippen LogP contribution in [0.2, 0.25) is 0 Å². The zero-order valence-corrected chi connectivity index (χ0v) is 7.65. The van der Waals surface area contributed by atoms with E-state index in [4.69, 9.17) is 5.26 Å². The molecule has 3 nitrogen and oxygen atoms in total. The average Bonchev–Trinajstić information content (AvgIpc) is 2.19. The predicted octanol–water partition coefficient (Wildman–Crippen LogP) is 0.937. The smallest absolute Gasteiger partial charge is 0.187 e. The van der Waals surface area contributed by atoms with Gasteiger partial charge in [-0.15, -0.1) is 0 Å². The molecule has 0 bridgehead atoms. The number of phenolic OH excluding ortho intramolecular Hbond substituents is 1. The third-order valence-corrected chi connectivity index (χ3v) is 2.10. The number of aromatic nitrogens is 1. The molecule has 2 aromatic rings. The molecule has 0 fully saturated rings. The third kappa shape index (κ3) is 1.94. The molecule has 0 aliphatic carbocycles. The normalized spacial score (nSPS) is 9.33. The Morgan fingerprint density at radius 3 is 2.67 bits per heavy atom. The van der Waals surface area contributed by atoms with Crippen LogP contribution in [0.25, 0.3) is 10.9 Å². The van der Waals surface area contributed by atoms with Gasteiger partial charge in [-0.05, 0) is 31.2 Å². The quantitative estimate of drug-likeness (QED) is 0.664. The van der Waals surface area contributed by atoms with E-state index in [9.17, 15) is 5.11 Å². The molecular weight excluding hydrogens is 203 g/mol. The highest BCUT2D eigenvalue weighted by Crippen LogP contribution is 2.25. The van der Waals surface area contributed by atoms with Gasteiger partial charge in [-0.2, -0.15) is 5.26 Å². The van der Waals surface area contributed by atoms with Gasteiger partial charge in [-0.1, -0.05) is 0 Å². The molecule has 1 aromatic carbocycles. The van der Waals surface area contributed by atoms with Crippen LogP contribution in [0.3, 0.4) is 0 Å². The molecule has 0 spiro atoms. The van der Waals surface area contributed by atoms with E-state index >= 15 is 0 Å². The molecule has 0 unspecified atom stereocenters. The first-order chi connectivity index (χ1) is 6.72. The van der Waals surface area contributed by atoms with E-state index in [0.717, 1.165) is 5.69 Å². The highest BCUT2D eigenvalue weighted by molar-refractivity contribution is 5.89. The Morgan fingerprint density at radius 1 is 1.27 bits per heavy atom. The fraction of sp³-hybridized carbons (Fsp3) is 0.0909. The fourth-order valence-corrected chi connectivity index (χ4v) is 1.40. The number of benzene rings is 1. The van der Waals surface area contributed by atoms with E-state index in [1.165, 1.54) is 6.07 Å². The van der Waals surface area contributed by atoms with Gasteiger partial charge < -0.3 is 5.11 Å². The van der Waals surface area contributed by atoms with Gasteiger partial charge in [0.2, 0.25) is 0 Å². The Hall–Kier alpha value is -1.55. The van der Waals surface area contributed by atoms with E-state index < -0.39 is 0 Å². The molecule has 0 amide bonds. The molecule has 15 heavy (non-hydrogen) atoms. The molecular formula is C11H11AlN2O.